The highest BCUT2D eigenvalue weighted by Crippen LogP contribution is 2.08. The molecular formula is C13H19N3O. The Hall–Kier alpha value is -1.39. The second-order valence-electron chi connectivity index (χ2n) is 4.32. The van der Waals surface area contributed by atoms with Crippen molar-refractivity contribution in [1.29, 1.82) is 0 Å². The standard InChI is InChI=1S/C13H19N3O/c1-11(16-9-7-14-8-10-16)13(17)15-12-5-3-2-4-6-12/h2-6,11,14H,7-10H2,1H3,(H,15,17). The predicted octanol–water partition coefficient (Wildman–Crippen LogP) is 0.919. The number of amides is 1. The summed E-state index contributed by atoms with van der Waals surface area (Å²) in [6.07, 6.45) is 0. The van der Waals surface area contributed by atoms with Crippen molar-refractivity contribution >= 4 is 11.6 Å². The minimum Gasteiger partial charge on any atom is -0.325 e. The fourth-order valence-corrected chi connectivity index (χ4v) is 2.00. The van der Waals surface area contributed by atoms with Gasteiger partial charge in [0.2, 0.25) is 5.91 Å². The van der Waals surface area contributed by atoms with Gasteiger partial charge in [0.05, 0.1) is 6.04 Å². The average Bonchev–Trinajstić information content (AvgIpc) is 2.40. The molecule has 4 heteroatoms. The SMILES string of the molecule is CC(C(=O)Nc1ccccc1)N1CCNCC1. The van der Waals surface area contributed by atoms with Crippen LogP contribution in [-0.4, -0.2) is 43.0 Å². The highest BCUT2D eigenvalue weighted by Gasteiger charge is 2.22. The van der Waals surface area contributed by atoms with E-state index in [1.165, 1.54) is 0 Å². The zero-order chi connectivity index (χ0) is 12.1. The van der Waals surface area contributed by atoms with Crippen LogP contribution in [0.2, 0.25) is 0 Å². The summed E-state index contributed by atoms with van der Waals surface area (Å²) in [5, 5.41) is 6.22. The number of para-hydroxylation sites is 1. The number of hydrogen-bond donors (Lipinski definition) is 2. The number of carbonyl (C=O) groups is 1. The fourth-order valence-electron chi connectivity index (χ4n) is 2.00. The van der Waals surface area contributed by atoms with Crippen LogP contribution in [0.1, 0.15) is 6.92 Å². The summed E-state index contributed by atoms with van der Waals surface area (Å²) in [5.74, 6) is 0.0677. The van der Waals surface area contributed by atoms with Gasteiger partial charge in [-0.3, -0.25) is 9.69 Å². The molecule has 1 heterocycles. The first-order valence-corrected chi connectivity index (χ1v) is 6.08. The van der Waals surface area contributed by atoms with Gasteiger partial charge in [-0.2, -0.15) is 0 Å². The molecule has 2 rings (SSSR count). The molecule has 1 unspecified atom stereocenters. The zero-order valence-corrected chi connectivity index (χ0v) is 10.1. The molecule has 17 heavy (non-hydrogen) atoms. The lowest BCUT2D eigenvalue weighted by Gasteiger charge is -2.31. The van der Waals surface area contributed by atoms with Crippen LogP contribution in [0.25, 0.3) is 0 Å². The summed E-state index contributed by atoms with van der Waals surface area (Å²) in [5.41, 5.74) is 0.861. The van der Waals surface area contributed by atoms with E-state index in [0.717, 1.165) is 31.9 Å². The maximum absolute atomic E-state index is 12.0. The van der Waals surface area contributed by atoms with Gasteiger partial charge in [0.1, 0.15) is 0 Å². The molecule has 2 N–H and O–H groups in total. The lowest BCUT2D eigenvalue weighted by molar-refractivity contribution is -0.120. The Labute approximate surface area is 102 Å². The Morgan fingerprint density at radius 3 is 2.59 bits per heavy atom. The molecule has 1 aromatic carbocycles. The van der Waals surface area contributed by atoms with E-state index in [1.807, 2.05) is 37.3 Å². The van der Waals surface area contributed by atoms with Crippen LogP contribution in [0.4, 0.5) is 5.69 Å². The normalized spacial score (nSPS) is 18.6. The molecule has 1 aliphatic heterocycles. The van der Waals surface area contributed by atoms with E-state index in [-0.39, 0.29) is 11.9 Å². The molecule has 1 saturated heterocycles. The minimum atomic E-state index is -0.0719. The zero-order valence-electron chi connectivity index (χ0n) is 10.1. The van der Waals surface area contributed by atoms with Crippen molar-refractivity contribution < 1.29 is 4.79 Å². The molecule has 0 aliphatic carbocycles. The second-order valence-corrected chi connectivity index (χ2v) is 4.32. The van der Waals surface area contributed by atoms with Crippen LogP contribution in [-0.2, 0) is 4.79 Å². The summed E-state index contributed by atoms with van der Waals surface area (Å²) in [6, 6.07) is 9.52. The van der Waals surface area contributed by atoms with Crippen molar-refractivity contribution in [3.8, 4) is 0 Å². The number of benzene rings is 1. The van der Waals surface area contributed by atoms with Gasteiger partial charge in [-0.1, -0.05) is 18.2 Å². The Morgan fingerprint density at radius 2 is 1.94 bits per heavy atom. The van der Waals surface area contributed by atoms with Crippen molar-refractivity contribution in [2.75, 3.05) is 31.5 Å². The van der Waals surface area contributed by atoms with Crippen molar-refractivity contribution in [1.82, 2.24) is 10.2 Å². The molecule has 0 bridgehead atoms. The van der Waals surface area contributed by atoms with Crippen LogP contribution >= 0.6 is 0 Å². The van der Waals surface area contributed by atoms with Gasteiger partial charge in [-0.15, -0.1) is 0 Å². The topological polar surface area (TPSA) is 44.4 Å². The lowest BCUT2D eigenvalue weighted by atomic mass is 10.2. The highest BCUT2D eigenvalue weighted by molar-refractivity contribution is 5.94. The van der Waals surface area contributed by atoms with Gasteiger partial charge < -0.3 is 10.6 Å². The van der Waals surface area contributed by atoms with E-state index in [1.54, 1.807) is 0 Å². The average molecular weight is 233 g/mol. The number of rotatable bonds is 3. The van der Waals surface area contributed by atoms with Crippen LogP contribution in [0.15, 0.2) is 30.3 Å². The molecule has 0 radical (unpaired) electrons. The fraction of sp³-hybridized carbons (Fsp3) is 0.462. The lowest BCUT2D eigenvalue weighted by Crippen LogP contribution is -2.51. The quantitative estimate of drug-likeness (QED) is 0.816. The van der Waals surface area contributed by atoms with Crippen LogP contribution in [0.3, 0.4) is 0 Å². The van der Waals surface area contributed by atoms with Crippen molar-refractivity contribution in [3.05, 3.63) is 30.3 Å². The molecule has 0 aromatic heterocycles. The van der Waals surface area contributed by atoms with E-state index in [4.69, 9.17) is 0 Å². The van der Waals surface area contributed by atoms with E-state index < -0.39 is 0 Å². The number of nitrogens with zero attached hydrogens (tertiary/aromatic N) is 1. The maximum Gasteiger partial charge on any atom is 0.241 e. The molecule has 1 amide bonds. The van der Waals surface area contributed by atoms with E-state index in [9.17, 15) is 4.79 Å². The summed E-state index contributed by atoms with van der Waals surface area (Å²) in [4.78, 5) is 14.2. The van der Waals surface area contributed by atoms with Crippen molar-refractivity contribution in [3.63, 3.8) is 0 Å². The molecule has 92 valence electrons. The smallest absolute Gasteiger partial charge is 0.241 e. The van der Waals surface area contributed by atoms with Gasteiger partial charge >= 0.3 is 0 Å². The number of anilines is 1. The number of hydrogen-bond acceptors (Lipinski definition) is 3. The van der Waals surface area contributed by atoms with Gasteiger partial charge in [0.25, 0.3) is 0 Å². The van der Waals surface area contributed by atoms with Crippen LogP contribution in [0, 0.1) is 0 Å². The van der Waals surface area contributed by atoms with Gasteiger partial charge in [-0.25, -0.2) is 0 Å². The van der Waals surface area contributed by atoms with E-state index in [0.29, 0.717) is 0 Å². The van der Waals surface area contributed by atoms with Crippen LogP contribution < -0.4 is 10.6 Å². The minimum absolute atomic E-state index is 0.0677. The third-order valence-corrected chi connectivity index (χ3v) is 3.12. The molecule has 1 atom stereocenters. The first-order valence-electron chi connectivity index (χ1n) is 6.08. The van der Waals surface area contributed by atoms with Gasteiger partial charge in [0, 0.05) is 31.9 Å². The van der Waals surface area contributed by atoms with Crippen molar-refractivity contribution in [2.24, 2.45) is 0 Å². The monoisotopic (exact) mass is 233 g/mol. The Kier molecular flexibility index (Phi) is 4.12. The number of piperazine rings is 1. The summed E-state index contributed by atoms with van der Waals surface area (Å²) in [7, 11) is 0. The molecule has 0 saturated carbocycles. The first kappa shape index (κ1) is 12.1. The summed E-state index contributed by atoms with van der Waals surface area (Å²) in [6.45, 7) is 5.75. The predicted molar refractivity (Wildman–Crippen MR) is 69.0 cm³/mol. The van der Waals surface area contributed by atoms with Crippen molar-refractivity contribution in [2.45, 2.75) is 13.0 Å². The molecule has 1 fully saturated rings. The third kappa shape index (κ3) is 3.28. The van der Waals surface area contributed by atoms with Crippen LogP contribution in [0.5, 0.6) is 0 Å². The molecular weight excluding hydrogens is 214 g/mol. The van der Waals surface area contributed by atoms with Gasteiger partial charge in [-0.05, 0) is 19.1 Å². The molecule has 1 aliphatic rings. The Morgan fingerprint density at radius 1 is 1.29 bits per heavy atom. The molecule has 0 spiro atoms. The second kappa shape index (κ2) is 5.80. The Bertz CT molecular complexity index is 360. The largest absolute Gasteiger partial charge is 0.325 e. The van der Waals surface area contributed by atoms with Gasteiger partial charge in [0.15, 0.2) is 0 Å². The summed E-state index contributed by atoms with van der Waals surface area (Å²) < 4.78 is 0. The maximum atomic E-state index is 12.0. The van der Waals surface area contributed by atoms with E-state index >= 15 is 0 Å². The first-order chi connectivity index (χ1) is 8.27. The number of carbonyl (C=O) groups excluding carboxylic acids is 1. The molecule has 1 aromatic rings. The van der Waals surface area contributed by atoms with E-state index in [2.05, 4.69) is 15.5 Å². The Balaban J connectivity index is 1.90. The summed E-state index contributed by atoms with van der Waals surface area (Å²) >= 11 is 0. The number of nitrogens with one attached hydrogen (secondary N) is 2. The molecule has 4 nitrogen and oxygen atoms in total. The highest BCUT2D eigenvalue weighted by atomic mass is 16.2. The third-order valence-electron chi connectivity index (χ3n) is 3.12.